The van der Waals surface area contributed by atoms with Crippen LogP contribution < -0.4 is 11.3 Å². The molecule has 2 heterocycles. The number of aromatic nitrogens is 3. The lowest BCUT2D eigenvalue weighted by molar-refractivity contribution is 0.444. The van der Waals surface area contributed by atoms with E-state index in [1.165, 1.54) is 0 Å². The van der Waals surface area contributed by atoms with Crippen molar-refractivity contribution < 1.29 is 4.42 Å². The maximum atomic E-state index is 5.63. The average Bonchev–Trinajstić information content (AvgIpc) is 2.95. The van der Waals surface area contributed by atoms with Gasteiger partial charge in [0.15, 0.2) is 0 Å². The third-order valence-electron chi connectivity index (χ3n) is 2.97. The molecule has 0 aliphatic heterocycles. The number of hydrazine groups is 1. The average molecular weight is 263 g/mol. The van der Waals surface area contributed by atoms with Gasteiger partial charge in [-0.15, -0.1) is 0 Å². The number of rotatable bonds is 6. The first-order chi connectivity index (χ1) is 9.10. The Balaban J connectivity index is 2.12. The molecule has 0 fully saturated rings. The molecule has 0 spiro atoms. The summed E-state index contributed by atoms with van der Waals surface area (Å²) >= 11 is 0. The summed E-state index contributed by atoms with van der Waals surface area (Å²) in [4.78, 5) is 4.31. The molecular weight excluding hydrogens is 242 g/mol. The van der Waals surface area contributed by atoms with Gasteiger partial charge in [-0.05, 0) is 18.9 Å². The third kappa shape index (κ3) is 3.42. The van der Waals surface area contributed by atoms with Crippen LogP contribution >= 0.6 is 0 Å². The SMILES string of the molecule is Cc1cc(C(Cc2ncnn2CC(C)C)NN)co1. The minimum atomic E-state index is -0.0208. The van der Waals surface area contributed by atoms with Gasteiger partial charge in [0.2, 0.25) is 0 Å². The van der Waals surface area contributed by atoms with Crippen LogP contribution in [0.2, 0.25) is 0 Å². The number of nitrogens with two attached hydrogens (primary N) is 1. The normalized spacial score (nSPS) is 13.1. The summed E-state index contributed by atoms with van der Waals surface area (Å²) in [7, 11) is 0. The lowest BCUT2D eigenvalue weighted by Crippen LogP contribution is -2.30. The Hall–Kier alpha value is -1.66. The fraction of sp³-hybridized carbons (Fsp3) is 0.538. The zero-order valence-electron chi connectivity index (χ0n) is 11.6. The smallest absolute Gasteiger partial charge is 0.138 e. The third-order valence-corrected chi connectivity index (χ3v) is 2.97. The second kappa shape index (κ2) is 5.99. The maximum Gasteiger partial charge on any atom is 0.138 e. The molecular formula is C13H21N5O. The summed E-state index contributed by atoms with van der Waals surface area (Å²) in [6.45, 7) is 7.09. The molecule has 2 aromatic heterocycles. The van der Waals surface area contributed by atoms with Gasteiger partial charge in [0.1, 0.15) is 17.9 Å². The first kappa shape index (κ1) is 13.8. The van der Waals surface area contributed by atoms with E-state index in [9.17, 15) is 0 Å². The molecule has 0 aromatic carbocycles. The van der Waals surface area contributed by atoms with E-state index in [2.05, 4.69) is 29.4 Å². The van der Waals surface area contributed by atoms with Gasteiger partial charge < -0.3 is 4.42 Å². The van der Waals surface area contributed by atoms with E-state index < -0.39 is 0 Å². The maximum absolute atomic E-state index is 5.63. The lowest BCUT2D eigenvalue weighted by Gasteiger charge is -2.15. The molecule has 0 aliphatic carbocycles. The zero-order valence-corrected chi connectivity index (χ0v) is 11.6. The highest BCUT2D eigenvalue weighted by atomic mass is 16.3. The van der Waals surface area contributed by atoms with Crippen molar-refractivity contribution in [1.29, 1.82) is 0 Å². The predicted molar refractivity (Wildman–Crippen MR) is 72.1 cm³/mol. The summed E-state index contributed by atoms with van der Waals surface area (Å²) in [6.07, 6.45) is 4.00. The van der Waals surface area contributed by atoms with Gasteiger partial charge in [-0.1, -0.05) is 13.8 Å². The Morgan fingerprint density at radius 1 is 1.47 bits per heavy atom. The quantitative estimate of drug-likeness (QED) is 0.611. The standard InChI is InChI=1S/C13H21N5O/c1-9(2)6-18-13(15-8-16-18)5-12(17-14)11-4-10(3)19-7-11/h4,7-9,12,17H,5-6,14H2,1-3H3. The van der Waals surface area contributed by atoms with Crippen molar-refractivity contribution in [3.05, 3.63) is 35.8 Å². The minimum absolute atomic E-state index is 0.0208. The lowest BCUT2D eigenvalue weighted by atomic mass is 10.1. The minimum Gasteiger partial charge on any atom is -0.469 e. The highest BCUT2D eigenvalue weighted by Crippen LogP contribution is 2.19. The van der Waals surface area contributed by atoms with E-state index in [-0.39, 0.29) is 6.04 Å². The second-order valence-corrected chi connectivity index (χ2v) is 5.17. The summed E-state index contributed by atoms with van der Waals surface area (Å²) in [5.41, 5.74) is 3.84. The molecule has 2 rings (SSSR count). The Bertz CT molecular complexity index is 517. The van der Waals surface area contributed by atoms with Crippen molar-refractivity contribution in [3.63, 3.8) is 0 Å². The molecule has 0 saturated heterocycles. The summed E-state index contributed by atoms with van der Waals surface area (Å²) in [5.74, 6) is 7.96. The molecule has 0 aliphatic rings. The topological polar surface area (TPSA) is 81.9 Å². The molecule has 19 heavy (non-hydrogen) atoms. The van der Waals surface area contributed by atoms with Crippen LogP contribution in [-0.2, 0) is 13.0 Å². The fourth-order valence-electron chi connectivity index (χ4n) is 2.05. The molecule has 0 saturated carbocycles. The van der Waals surface area contributed by atoms with Crippen LogP contribution in [0, 0.1) is 12.8 Å². The molecule has 1 unspecified atom stereocenters. The molecule has 6 heteroatoms. The monoisotopic (exact) mass is 263 g/mol. The highest BCUT2D eigenvalue weighted by molar-refractivity contribution is 5.17. The molecule has 0 amide bonds. The second-order valence-electron chi connectivity index (χ2n) is 5.17. The number of hydrogen-bond donors (Lipinski definition) is 2. The Morgan fingerprint density at radius 2 is 2.26 bits per heavy atom. The first-order valence-electron chi connectivity index (χ1n) is 6.48. The van der Waals surface area contributed by atoms with E-state index in [0.29, 0.717) is 12.3 Å². The predicted octanol–water partition coefficient (Wildman–Crippen LogP) is 1.58. The molecule has 104 valence electrons. The zero-order chi connectivity index (χ0) is 13.8. The summed E-state index contributed by atoms with van der Waals surface area (Å²) in [6, 6.07) is 1.96. The van der Waals surface area contributed by atoms with Gasteiger partial charge in [0.05, 0.1) is 12.3 Å². The largest absolute Gasteiger partial charge is 0.469 e. The van der Waals surface area contributed by atoms with Crippen molar-refractivity contribution in [2.75, 3.05) is 0 Å². The van der Waals surface area contributed by atoms with Crippen LogP contribution in [0.3, 0.4) is 0 Å². The van der Waals surface area contributed by atoms with Crippen LogP contribution in [-0.4, -0.2) is 14.8 Å². The summed E-state index contributed by atoms with van der Waals surface area (Å²) < 4.78 is 7.26. The fourth-order valence-corrected chi connectivity index (χ4v) is 2.05. The highest BCUT2D eigenvalue weighted by Gasteiger charge is 2.16. The van der Waals surface area contributed by atoms with Crippen LogP contribution in [0.25, 0.3) is 0 Å². The van der Waals surface area contributed by atoms with E-state index in [4.69, 9.17) is 10.3 Å². The molecule has 1 atom stereocenters. The Morgan fingerprint density at radius 3 is 2.84 bits per heavy atom. The van der Waals surface area contributed by atoms with Crippen LogP contribution in [0.5, 0.6) is 0 Å². The molecule has 0 bridgehead atoms. The van der Waals surface area contributed by atoms with E-state index in [1.807, 2.05) is 17.7 Å². The molecule has 3 N–H and O–H groups in total. The van der Waals surface area contributed by atoms with Gasteiger partial charge >= 0.3 is 0 Å². The van der Waals surface area contributed by atoms with Gasteiger partial charge in [0, 0.05) is 18.5 Å². The van der Waals surface area contributed by atoms with E-state index >= 15 is 0 Å². The van der Waals surface area contributed by atoms with Crippen LogP contribution in [0.1, 0.15) is 37.0 Å². The van der Waals surface area contributed by atoms with Crippen molar-refractivity contribution in [2.45, 2.75) is 39.8 Å². The summed E-state index contributed by atoms with van der Waals surface area (Å²) in [5, 5.41) is 4.26. The van der Waals surface area contributed by atoms with E-state index in [1.54, 1.807) is 12.6 Å². The van der Waals surface area contributed by atoms with Crippen molar-refractivity contribution in [1.82, 2.24) is 20.2 Å². The number of nitrogens with zero attached hydrogens (tertiary/aromatic N) is 3. The molecule has 0 radical (unpaired) electrons. The van der Waals surface area contributed by atoms with Crippen LogP contribution in [0.15, 0.2) is 23.1 Å². The number of furan rings is 1. The van der Waals surface area contributed by atoms with Gasteiger partial charge in [0.25, 0.3) is 0 Å². The molecule has 6 nitrogen and oxygen atoms in total. The van der Waals surface area contributed by atoms with Crippen molar-refractivity contribution >= 4 is 0 Å². The van der Waals surface area contributed by atoms with Crippen LogP contribution in [0.4, 0.5) is 0 Å². The van der Waals surface area contributed by atoms with Crippen molar-refractivity contribution in [2.24, 2.45) is 11.8 Å². The number of hydrogen-bond acceptors (Lipinski definition) is 5. The van der Waals surface area contributed by atoms with Gasteiger partial charge in [-0.25, -0.2) is 9.67 Å². The number of aryl methyl sites for hydroxylation is 1. The number of nitrogens with one attached hydrogen (secondary N) is 1. The Labute approximate surface area is 113 Å². The van der Waals surface area contributed by atoms with Gasteiger partial charge in [-0.2, -0.15) is 5.10 Å². The van der Waals surface area contributed by atoms with Gasteiger partial charge in [-0.3, -0.25) is 11.3 Å². The van der Waals surface area contributed by atoms with Crippen molar-refractivity contribution in [3.8, 4) is 0 Å². The first-order valence-corrected chi connectivity index (χ1v) is 6.48. The molecule has 2 aromatic rings. The van der Waals surface area contributed by atoms with E-state index in [0.717, 1.165) is 23.7 Å². The Kier molecular flexibility index (Phi) is 4.34.